The van der Waals surface area contributed by atoms with Crippen LogP contribution in [0.4, 0.5) is 5.13 Å². The summed E-state index contributed by atoms with van der Waals surface area (Å²) in [5.41, 5.74) is 2.05. The minimum absolute atomic E-state index is 0.633. The van der Waals surface area contributed by atoms with Crippen LogP contribution >= 0.6 is 11.3 Å². The third-order valence-corrected chi connectivity index (χ3v) is 4.47. The Balaban J connectivity index is 1.91. The van der Waals surface area contributed by atoms with Gasteiger partial charge in [0.05, 0.1) is 17.1 Å². The zero-order chi connectivity index (χ0) is 13.9. The second-order valence-electron chi connectivity index (χ2n) is 4.66. The van der Waals surface area contributed by atoms with E-state index >= 15 is 0 Å². The summed E-state index contributed by atoms with van der Waals surface area (Å²) in [4.78, 5) is 18.6. The lowest BCUT2D eigenvalue weighted by Crippen LogP contribution is -2.25. The average Bonchev–Trinajstić information content (AvgIpc) is 2.79. The van der Waals surface area contributed by atoms with Gasteiger partial charge in [0, 0.05) is 12.1 Å². The van der Waals surface area contributed by atoms with Crippen LogP contribution in [0.25, 0.3) is 0 Å². The Hall–Kier alpha value is -1.88. The van der Waals surface area contributed by atoms with E-state index in [1.807, 2.05) is 25.1 Å². The van der Waals surface area contributed by atoms with Crippen LogP contribution < -0.4 is 9.64 Å². The highest BCUT2D eigenvalue weighted by Gasteiger charge is 2.19. The van der Waals surface area contributed by atoms with Crippen molar-refractivity contribution in [3.8, 4) is 5.75 Å². The number of hydrogen-bond donors (Lipinski definition) is 0. The zero-order valence-corrected chi connectivity index (χ0v) is 12.2. The Morgan fingerprint density at radius 1 is 1.45 bits per heavy atom. The SMILES string of the molecule is CCc1nc(N2CCOc3ccccc3C2)sc1C=O. The van der Waals surface area contributed by atoms with Gasteiger partial charge in [-0.05, 0) is 12.5 Å². The highest BCUT2D eigenvalue weighted by Crippen LogP contribution is 2.30. The Kier molecular flexibility index (Phi) is 3.69. The molecule has 0 aliphatic carbocycles. The standard InChI is InChI=1S/C15H16N2O2S/c1-2-12-14(10-18)20-15(16-12)17-7-8-19-13-6-4-3-5-11(13)9-17/h3-6,10H,2,7-9H2,1H3. The third-order valence-electron chi connectivity index (χ3n) is 3.38. The molecule has 0 radical (unpaired) electrons. The molecule has 0 atom stereocenters. The maximum Gasteiger partial charge on any atom is 0.186 e. The molecule has 0 saturated heterocycles. The number of carbonyl (C=O) groups excluding carboxylic acids is 1. The molecule has 1 aliphatic rings. The molecule has 20 heavy (non-hydrogen) atoms. The summed E-state index contributed by atoms with van der Waals surface area (Å²) in [6.07, 6.45) is 1.69. The molecule has 104 valence electrons. The second kappa shape index (κ2) is 5.63. The molecule has 4 nitrogen and oxygen atoms in total. The van der Waals surface area contributed by atoms with Gasteiger partial charge in [0.1, 0.15) is 12.4 Å². The fraction of sp³-hybridized carbons (Fsp3) is 0.333. The number of aldehydes is 1. The van der Waals surface area contributed by atoms with Crippen molar-refractivity contribution < 1.29 is 9.53 Å². The molecule has 0 fully saturated rings. The average molecular weight is 288 g/mol. The summed E-state index contributed by atoms with van der Waals surface area (Å²) < 4.78 is 5.76. The second-order valence-corrected chi connectivity index (χ2v) is 5.67. The normalized spacial score (nSPS) is 14.3. The molecular weight excluding hydrogens is 272 g/mol. The van der Waals surface area contributed by atoms with Gasteiger partial charge in [-0.1, -0.05) is 36.5 Å². The number of rotatable bonds is 3. The van der Waals surface area contributed by atoms with E-state index in [4.69, 9.17) is 4.74 Å². The largest absolute Gasteiger partial charge is 0.491 e. The highest BCUT2D eigenvalue weighted by atomic mass is 32.1. The number of aromatic nitrogens is 1. The predicted octanol–water partition coefficient (Wildman–Crippen LogP) is 2.92. The summed E-state index contributed by atoms with van der Waals surface area (Å²) in [5.74, 6) is 0.942. The molecule has 0 unspecified atom stereocenters. The number of aryl methyl sites for hydroxylation is 1. The van der Waals surface area contributed by atoms with Crippen LogP contribution in [0.15, 0.2) is 24.3 Å². The molecule has 2 aromatic rings. The van der Waals surface area contributed by atoms with Crippen molar-refractivity contribution in [1.29, 1.82) is 0 Å². The molecule has 0 bridgehead atoms. The quantitative estimate of drug-likeness (QED) is 0.814. The Morgan fingerprint density at radius 2 is 2.30 bits per heavy atom. The Morgan fingerprint density at radius 3 is 3.05 bits per heavy atom. The van der Waals surface area contributed by atoms with Crippen LogP contribution in [0, 0.1) is 0 Å². The minimum atomic E-state index is 0.633. The van der Waals surface area contributed by atoms with Gasteiger partial charge >= 0.3 is 0 Å². The van der Waals surface area contributed by atoms with Crippen LogP contribution in [0.3, 0.4) is 0 Å². The molecule has 1 aromatic carbocycles. The third kappa shape index (κ3) is 2.41. The lowest BCUT2D eigenvalue weighted by molar-refractivity contribution is 0.112. The lowest BCUT2D eigenvalue weighted by atomic mass is 10.2. The molecule has 0 amide bonds. The van der Waals surface area contributed by atoms with Crippen molar-refractivity contribution in [2.75, 3.05) is 18.1 Å². The zero-order valence-electron chi connectivity index (χ0n) is 11.3. The van der Waals surface area contributed by atoms with Crippen LogP contribution in [0.1, 0.15) is 27.9 Å². The minimum Gasteiger partial charge on any atom is -0.491 e. The van der Waals surface area contributed by atoms with Crippen LogP contribution in [0.5, 0.6) is 5.75 Å². The molecule has 0 spiro atoms. The summed E-state index contributed by atoms with van der Waals surface area (Å²) >= 11 is 1.47. The van der Waals surface area contributed by atoms with E-state index < -0.39 is 0 Å². The first-order chi connectivity index (χ1) is 9.81. The number of anilines is 1. The van der Waals surface area contributed by atoms with Crippen molar-refractivity contribution in [2.45, 2.75) is 19.9 Å². The van der Waals surface area contributed by atoms with E-state index in [2.05, 4.69) is 16.0 Å². The molecule has 0 saturated carbocycles. The van der Waals surface area contributed by atoms with Gasteiger partial charge < -0.3 is 9.64 Å². The molecule has 2 heterocycles. The van der Waals surface area contributed by atoms with E-state index in [-0.39, 0.29) is 0 Å². The summed E-state index contributed by atoms with van der Waals surface area (Å²) in [6.45, 7) is 4.20. The number of nitrogens with zero attached hydrogens (tertiary/aromatic N) is 2. The van der Waals surface area contributed by atoms with Crippen LogP contribution in [-0.4, -0.2) is 24.4 Å². The van der Waals surface area contributed by atoms with Crippen molar-refractivity contribution in [1.82, 2.24) is 4.98 Å². The first kappa shape index (κ1) is 13.1. The van der Waals surface area contributed by atoms with E-state index in [0.29, 0.717) is 6.61 Å². The van der Waals surface area contributed by atoms with Crippen molar-refractivity contribution >= 4 is 22.8 Å². The first-order valence-electron chi connectivity index (χ1n) is 6.72. The van der Waals surface area contributed by atoms with E-state index in [9.17, 15) is 4.79 Å². The molecule has 1 aromatic heterocycles. The maximum atomic E-state index is 11.1. The van der Waals surface area contributed by atoms with Crippen molar-refractivity contribution in [3.63, 3.8) is 0 Å². The van der Waals surface area contributed by atoms with E-state index in [0.717, 1.165) is 52.8 Å². The van der Waals surface area contributed by atoms with Gasteiger partial charge in [-0.2, -0.15) is 0 Å². The molecule has 5 heteroatoms. The van der Waals surface area contributed by atoms with Gasteiger partial charge in [-0.3, -0.25) is 4.79 Å². The Bertz CT molecular complexity index is 624. The Labute approximate surface area is 122 Å². The number of ether oxygens (including phenoxy) is 1. The van der Waals surface area contributed by atoms with Crippen molar-refractivity contribution in [2.24, 2.45) is 0 Å². The van der Waals surface area contributed by atoms with Crippen LogP contribution in [0.2, 0.25) is 0 Å². The van der Waals surface area contributed by atoms with Gasteiger partial charge in [-0.25, -0.2) is 4.98 Å². The number of benzene rings is 1. The summed E-state index contributed by atoms with van der Waals surface area (Å²) in [6, 6.07) is 8.07. The summed E-state index contributed by atoms with van der Waals surface area (Å²) in [5, 5.41) is 0.907. The fourth-order valence-corrected chi connectivity index (χ4v) is 3.31. The highest BCUT2D eigenvalue weighted by molar-refractivity contribution is 7.17. The number of carbonyl (C=O) groups is 1. The number of hydrogen-bond acceptors (Lipinski definition) is 5. The lowest BCUT2D eigenvalue weighted by Gasteiger charge is -2.18. The maximum absolute atomic E-state index is 11.1. The molecular formula is C15H16N2O2S. The smallest absolute Gasteiger partial charge is 0.186 e. The monoisotopic (exact) mass is 288 g/mol. The first-order valence-corrected chi connectivity index (χ1v) is 7.54. The number of thiazole rings is 1. The van der Waals surface area contributed by atoms with Crippen LogP contribution in [-0.2, 0) is 13.0 Å². The van der Waals surface area contributed by atoms with Gasteiger partial charge in [0.25, 0.3) is 0 Å². The van der Waals surface area contributed by atoms with E-state index in [1.54, 1.807) is 0 Å². The van der Waals surface area contributed by atoms with Gasteiger partial charge in [0.2, 0.25) is 0 Å². The molecule has 1 aliphatic heterocycles. The topological polar surface area (TPSA) is 42.4 Å². The summed E-state index contributed by atoms with van der Waals surface area (Å²) in [7, 11) is 0. The van der Waals surface area contributed by atoms with E-state index in [1.165, 1.54) is 11.3 Å². The van der Waals surface area contributed by atoms with Gasteiger partial charge in [0.15, 0.2) is 11.4 Å². The van der Waals surface area contributed by atoms with Gasteiger partial charge in [-0.15, -0.1) is 0 Å². The van der Waals surface area contributed by atoms with Crippen molar-refractivity contribution in [3.05, 3.63) is 40.4 Å². The predicted molar refractivity (Wildman–Crippen MR) is 79.9 cm³/mol. The molecule has 3 rings (SSSR count). The number of para-hydroxylation sites is 1. The molecule has 0 N–H and O–H groups in total. The number of fused-ring (bicyclic) bond motifs is 1. The fourth-order valence-electron chi connectivity index (χ4n) is 2.32.